The first-order valence-electron chi connectivity index (χ1n) is 4.74. The number of carbonyl (C=O) groups excluding carboxylic acids is 1. The average Bonchev–Trinajstić information content (AvgIpc) is 2.51. The van der Waals surface area contributed by atoms with Gasteiger partial charge in [-0.05, 0) is 18.8 Å². The Bertz CT molecular complexity index is 342. The molecular weight excluding hydrogens is 182 g/mol. The van der Waals surface area contributed by atoms with Gasteiger partial charge < -0.3 is 5.11 Å². The van der Waals surface area contributed by atoms with Gasteiger partial charge in [0, 0.05) is 13.5 Å². The van der Waals surface area contributed by atoms with Gasteiger partial charge in [0.1, 0.15) is 5.69 Å². The molecule has 0 unspecified atom stereocenters. The first-order valence-corrected chi connectivity index (χ1v) is 4.74. The molecule has 1 aromatic rings. The summed E-state index contributed by atoms with van der Waals surface area (Å²) in [6.45, 7) is 1.72. The lowest BCUT2D eigenvalue weighted by Crippen LogP contribution is -2.29. The number of nitrogens with zero attached hydrogens (tertiary/aromatic N) is 3. The number of ketones is 1. The Morgan fingerprint density at radius 3 is 2.93 bits per heavy atom. The summed E-state index contributed by atoms with van der Waals surface area (Å²) in [7, 11) is 0. The van der Waals surface area contributed by atoms with Crippen LogP contribution in [0, 0.1) is 5.92 Å². The van der Waals surface area contributed by atoms with Crippen LogP contribution in [0.5, 0.6) is 0 Å². The van der Waals surface area contributed by atoms with E-state index in [2.05, 4.69) is 10.3 Å². The molecule has 0 saturated heterocycles. The van der Waals surface area contributed by atoms with Gasteiger partial charge in [0.2, 0.25) is 0 Å². The number of Topliss-reactive ketones (excluding diaryl/α,β-unsaturated/α-hetero) is 1. The molecule has 0 atom stereocenters. The van der Waals surface area contributed by atoms with E-state index in [1.165, 1.54) is 6.92 Å². The molecule has 0 radical (unpaired) electrons. The van der Waals surface area contributed by atoms with Gasteiger partial charge in [-0.3, -0.25) is 4.79 Å². The molecule has 0 amide bonds. The highest BCUT2D eigenvalue weighted by Crippen LogP contribution is 2.36. The zero-order valence-electron chi connectivity index (χ0n) is 8.05. The Hall–Kier alpha value is -1.23. The van der Waals surface area contributed by atoms with Crippen LogP contribution in [0.3, 0.4) is 0 Å². The Kier molecular flexibility index (Phi) is 2.33. The summed E-state index contributed by atoms with van der Waals surface area (Å²) >= 11 is 0. The zero-order chi connectivity index (χ0) is 10.1. The third kappa shape index (κ3) is 1.55. The van der Waals surface area contributed by atoms with E-state index >= 15 is 0 Å². The van der Waals surface area contributed by atoms with E-state index in [0.717, 1.165) is 12.8 Å². The lowest BCUT2D eigenvalue weighted by molar-refractivity contribution is 0.101. The molecule has 0 bridgehead atoms. The lowest BCUT2D eigenvalue weighted by atomic mass is 9.81. The number of hydrogen-bond acceptors (Lipinski definition) is 4. The number of hydrogen-bond donors (Lipinski definition) is 1. The van der Waals surface area contributed by atoms with Crippen LogP contribution in [-0.4, -0.2) is 32.5 Å². The SMILES string of the molecule is CC(=O)c1cn(C2CC(CO)C2)nn1. The van der Waals surface area contributed by atoms with Crippen molar-refractivity contribution in [2.75, 3.05) is 6.61 Å². The summed E-state index contributed by atoms with van der Waals surface area (Å²) in [5.74, 6) is 0.333. The lowest BCUT2D eigenvalue weighted by Gasteiger charge is -2.33. The van der Waals surface area contributed by atoms with E-state index in [4.69, 9.17) is 5.11 Å². The van der Waals surface area contributed by atoms with Crippen molar-refractivity contribution in [3.63, 3.8) is 0 Å². The smallest absolute Gasteiger partial charge is 0.181 e. The largest absolute Gasteiger partial charge is 0.396 e. The standard InChI is InChI=1S/C9H13N3O2/c1-6(14)9-4-12(11-10-9)8-2-7(3-8)5-13/h4,7-8,13H,2-3,5H2,1H3. The maximum absolute atomic E-state index is 11.0. The molecule has 2 rings (SSSR count). The number of rotatable bonds is 3. The van der Waals surface area contributed by atoms with Gasteiger partial charge in [-0.25, -0.2) is 4.68 Å². The molecule has 5 nitrogen and oxygen atoms in total. The summed E-state index contributed by atoms with van der Waals surface area (Å²) in [5.41, 5.74) is 0.414. The average molecular weight is 195 g/mol. The molecule has 1 saturated carbocycles. The monoisotopic (exact) mass is 195 g/mol. The first kappa shape index (κ1) is 9.33. The number of aliphatic hydroxyl groups is 1. The van der Waals surface area contributed by atoms with Gasteiger partial charge in [-0.1, -0.05) is 5.21 Å². The Morgan fingerprint density at radius 2 is 2.43 bits per heavy atom. The zero-order valence-corrected chi connectivity index (χ0v) is 8.05. The predicted molar refractivity (Wildman–Crippen MR) is 48.9 cm³/mol. The van der Waals surface area contributed by atoms with Gasteiger partial charge in [-0.2, -0.15) is 0 Å². The van der Waals surface area contributed by atoms with Crippen LogP contribution in [0.2, 0.25) is 0 Å². The summed E-state index contributed by atoms with van der Waals surface area (Å²) in [5, 5.41) is 16.5. The van der Waals surface area contributed by atoms with Crippen molar-refractivity contribution in [1.82, 2.24) is 15.0 Å². The fourth-order valence-electron chi connectivity index (χ4n) is 1.68. The van der Waals surface area contributed by atoms with E-state index in [1.54, 1.807) is 10.9 Å². The molecule has 14 heavy (non-hydrogen) atoms. The van der Waals surface area contributed by atoms with Crippen LogP contribution >= 0.6 is 0 Å². The summed E-state index contributed by atoms with van der Waals surface area (Å²) in [6, 6.07) is 0.313. The maximum atomic E-state index is 11.0. The molecule has 1 N–H and O–H groups in total. The fraction of sp³-hybridized carbons (Fsp3) is 0.667. The van der Waals surface area contributed by atoms with Crippen molar-refractivity contribution in [2.24, 2.45) is 5.92 Å². The first-order chi connectivity index (χ1) is 6.70. The van der Waals surface area contributed by atoms with Crippen LogP contribution in [0.4, 0.5) is 0 Å². The van der Waals surface area contributed by atoms with Crippen LogP contribution in [0.25, 0.3) is 0 Å². The Labute approximate surface area is 81.7 Å². The number of aromatic nitrogens is 3. The Morgan fingerprint density at radius 1 is 1.71 bits per heavy atom. The van der Waals surface area contributed by atoms with Crippen molar-refractivity contribution >= 4 is 5.78 Å². The molecule has 1 aliphatic carbocycles. The maximum Gasteiger partial charge on any atom is 0.181 e. The summed E-state index contributed by atoms with van der Waals surface area (Å²) in [6.07, 6.45) is 3.54. The molecule has 0 spiro atoms. The highest BCUT2D eigenvalue weighted by atomic mass is 16.3. The number of carbonyl (C=O) groups is 1. The fourth-order valence-corrected chi connectivity index (χ4v) is 1.68. The van der Waals surface area contributed by atoms with Crippen molar-refractivity contribution in [3.8, 4) is 0 Å². The molecule has 76 valence electrons. The van der Waals surface area contributed by atoms with E-state index in [0.29, 0.717) is 17.7 Å². The van der Waals surface area contributed by atoms with Gasteiger partial charge in [-0.15, -0.1) is 5.10 Å². The molecule has 0 aromatic carbocycles. The minimum Gasteiger partial charge on any atom is -0.396 e. The van der Waals surface area contributed by atoms with E-state index in [9.17, 15) is 4.79 Å². The van der Waals surface area contributed by atoms with E-state index in [-0.39, 0.29) is 12.4 Å². The van der Waals surface area contributed by atoms with Crippen molar-refractivity contribution in [1.29, 1.82) is 0 Å². The second-order valence-electron chi connectivity index (χ2n) is 3.81. The highest BCUT2D eigenvalue weighted by molar-refractivity contribution is 5.91. The second-order valence-corrected chi connectivity index (χ2v) is 3.81. The minimum atomic E-state index is -0.0609. The number of aliphatic hydroxyl groups excluding tert-OH is 1. The minimum absolute atomic E-state index is 0.0609. The molecule has 5 heteroatoms. The molecule has 1 aliphatic rings. The van der Waals surface area contributed by atoms with Crippen molar-refractivity contribution < 1.29 is 9.90 Å². The van der Waals surface area contributed by atoms with Crippen molar-refractivity contribution in [3.05, 3.63) is 11.9 Å². The van der Waals surface area contributed by atoms with E-state index < -0.39 is 0 Å². The van der Waals surface area contributed by atoms with E-state index in [1.807, 2.05) is 0 Å². The third-order valence-corrected chi connectivity index (χ3v) is 2.71. The van der Waals surface area contributed by atoms with Gasteiger partial charge in [0.25, 0.3) is 0 Å². The van der Waals surface area contributed by atoms with Crippen LogP contribution in [0.15, 0.2) is 6.20 Å². The highest BCUT2D eigenvalue weighted by Gasteiger charge is 2.30. The molecular formula is C9H13N3O2. The van der Waals surface area contributed by atoms with Crippen LogP contribution in [0.1, 0.15) is 36.3 Å². The Balaban J connectivity index is 2.01. The third-order valence-electron chi connectivity index (χ3n) is 2.71. The molecule has 1 fully saturated rings. The normalized spacial score (nSPS) is 25.9. The molecule has 0 aliphatic heterocycles. The van der Waals surface area contributed by atoms with Gasteiger partial charge in [0.15, 0.2) is 5.78 Å². The van der Waals surface area contributed by atoms with Crippen LogP contribution in [-0.2, 0) is 0 Å². The summed E-state index contributed by atoms with van der Waals surface area (Å²) in [4.78, 5) is 11.0. The molecule has 1 aromatic heterocycles. The predicted octanol–water partition coefficient (Wildman–Crippen LogP) is 0.424. The quantitative estimate of drug-likeness (QED) is 0.710. The topological polar surface area (TPSA) is 68.0 Å². The second kappa shape index (κ2) is 3.49. The van der Waals surface area contributed by atoms with Gasteiger partial charge >= 0.3 is 0 Å². The van der Waals surface area contributed by atoms with Crippen molar-refractivity contribution in [2.45, 2.75) is 25.8 Å². The molecule has 1 heterocycles. The summed E-state index contributed by atoms with van der Waals surface area (Å²) < 4.78 is 1.73. The van der Waals surface area contributed by atoms with Crippen LogP contribution < -0.4 is 0 Å². The van der Waals surface area contributed by atoms with Gasteiger partial charge in [0.05, 0.1) is 12.2 Å².